The van der Waals surface area contributed by atoms with Crippen molar-refractivity contribution < 1.29 is 4.79 Å². The molecule has 0 bridgehead atoms. The van der Waals surface area contributed by atoms with Gasteiger partial charge in [-0.05, 0) is 52.2 Å². The van der Waals surface area contributed by atoms with E-state index in [-0.39, 0.29) is 5.91 Å². The topological polar surface area (TPSA) is 46.3 Å². The third-order valence-corrected chi connectivity index (χ3v) is 4.22. The fourth-order valence-corrected chi connectivity index (χ4v) is 2.42. The van der Waals surface area contributed by atoms with E-state index < -0.39 is 0 Å². The summed E-state index contributed by atoms with van der Waals surface area (Å²) in [5.41, 5.74) is 9.17. The van der Waals surface area contributed by atoms with Gasteiger partial charge >= 0.3 is 0 Å². The Morgan fingerprint density at radius 1 is 1.20 bits per heavy atom. The van der Waals surface area contributed by atoms with Crippen molar-refractivity contribution >= 4 is 27.5 Å². The van der Waals surface area contributed by atoms with E-state index in [0.717, 1.165) is 21.3 Å². The third-order valence-electron chi connectivity index (χ3n) is 3.17. The molecule has 0 spiro atoms. The minimum absolute atomic E-state index is 0.00241. The molecule has 2 aromatic carbocycles. The highest BCUT2D eigenvalue weighted by Gasteiger charge is 2.15. The van der Waals surface area contributed by atoms with Crippen LogP contribution in [0, 0.1) is 6.92 Å². The molecular weight excluding hydrogens is 316 g/mol. The molecule has 0 fully saturated rings. The quantitative estimate of drug-likeness (QED) is 0.872. The molecule has 20 heavy (non-hydrogen) atoms. The van der Waals surface area contributed by atoms with Crippen LogP contribution in [0.1, 0.15) is 21.5 Å². The van der Waals surface area contributed by atoms with E-state index in [1.54, 1.807) is 11.9 Å². The van der Waals surface area contributed by atoms with Gasteiger partial charge in [-0.2, -0.15) is 0 Å². The molecule has 1 amide bonds. The molecule has 0 radical (unpaired) electrons. The minimum Gasteiger partial charge on any atom is -0.399 e. The highest BCUT2D eigenvalue weighted by molar-refractivity contribution is 9.10. The molecule has 0 atom stereocenters. The van der Waals surface area contributed by atoms with Crippen molar-refractivity contribution in [2.24, 2.45) is 0 Å². The van der Waals surface area contributed by atoms with Gasteiger partial charge in [-0.15, -0.1) is 0 Å². The number of nitrogens with zero attached hydrogens (tertiary/aromatic N) is 1. The normalized spacial score (nSPS) is 10.3. The Hall–Kier alpha value is -1.81. The largest absolute Gasteiger partial charge is 0.399 e. The van der Waals surface area contributed by atoms with Crippen molar-refractivity contribution in [3.63, 3.8) is 0 Å². The van der Waals surface area contributed by atoms with Gasteiger partial charge in [0.2, 0.25) is 0 Å². The molecule has 0 aliphatic rings. The summed E-state index contributed by atoms with van der Waals surface area (Å²) in [7, 11) is 1.80. The van der Waals surface area contributed by atoms with Crippen LogP contribution >= 0.6 is 15.9 Å². The molecule has 0 saturated carbocycles. The van der Waals surface area contributed by atoms with Crippen molar-refractivity contribution in [1.82, 2.24) is 4.90 Å². The molecule has 3 nitrogen and oxygen atoms in total. The number of rotatable bonds is 3. The number of amides is 1. The van der Waals surface area contributed by atoms with Gasteiger partial charge in [-0.3, -0.25) is 4.79 Å². The molecule has 2 aromatic rings. The number of benzene rings is 2. The number of hydrogen-bond donors (Lipinski definition) is 1. The van der Waals surface area contributed by atoms with E-state index in [4.69, 9.17) is 5.73 Å². The molecule has 2 N–H and O–H groups in total. The van der Waals surface area contributed by atoms with E-state index in [2.05, 4.69) is 15.9 Å². The maximum atomic E-state index is 12.5. The lowest BCUT2D eigenvalue weighted by Crippen LogP contribution is -2.26. The van der Waals surface area contributed by atoms with Crippen molar-refractivity contribution in [2.75, 3.05) is 12.8 Å². The zero-order chi connectivity index (χ0) is 14.7. The van der Waals surface area contributed by atoms with Crippen molar-refractivity contribution in [1.29, 1.82) is 0 Å². The second-order valence-corrected chi connectivity index (χ2v) is 5.63. The SMILES string of the molecule is Cc1cccc(C(=O)N(C)Cc2ccc(N)cc2)c1Br. The van der Waals surface area contributed by atoms with Crippen LogP contribution in [0.2, 0.25) is 0 Å². The molecule has 2 rings (SSSR count). The van der Waals surface area contributed by atoms with Crippen LogP contribution in [0.3, 0.4) is 0 Å². The van der Waals surface area contributed by atoms with Crippen LogP contribution in [-0.2, 0) is 6.54 Å². The minimum atomic E-state index is -0.00241. The second kappa shape index (κ2) is 6.09. The fraction of sp³-hybridized carbons (Fsp3) is 0.188. The lowest BCUT2D eigenvalue weighted by Gasteiger charge is -2.18. The first-order valence-electron chi connectivity index (χ1n) is 6.34. The molecule has 0 unspecified atom stereocenters. The zero-order valence-corrected chi connectivity index (χ0v) is 13.1. The number of nitrogen functional groups attached to an aromatic ring is 1. The Morgan fingerprint density at radius 2 is 1.85 bits per heavy atom. The van der Waals surface area contributed by atoms with E-state index in [1.807, 2.05) is 49.4 Å². The van der Waals surface area contributed by atoms with Gasteiger partial charge in [-0.25, -0.2) is 0 Å². The van der Waals surface area contributed by atoms with Crippen LogP contribution < -0.4 is 5.73 Å². The smallest absolute Gasteiger partial charge is 0.255 e. The van der Waals surface area contributed by atoms with Crippen molar-refractivity contribution in [2.45, 2.75) is 13.5 Å². The summed E-state index contributed by atoms with van der Waals surface area (Å²) in [6, 6.07) is 13.3. The zero-order valence-electron chi connectivity index (χ0n) is 11.6. The van der Waals surface area contributed by atoms with E-state index in [0.29, 0.717) is 12.1 Å². The molecule has 0 heterocycles. The van der Waals surface area contributed by atoms with E-state index in [9.17, 15) is 4.79 Å². The molecular formula is C16H17BrN2O. The Balaban J connectivity index is 2.16. The monoisotopic (exact) mass is 332 g/mol. The van der Waals surface area contributed by atoms with Crippen LogP contribution in [0.25, 0.3) is 0 Å². The molecule has 0 aliphatic heterocycles. The molecule has 4 heteroatoms. The Bertz CT molecular complexity index is 623. The summed E-state index contributed by atoms with van der Waals surface area (Å²) in [6.07, 6.45) is 0. The highest BCUT2D eigenvalue weighted by atomic mass is 79.9. The predicted octanol–water partition coefficient (Wildman–Crippen LogP) is 3.61. The number of anilines is 1. The van der Waals surface area contributed by atoms with Gasteiger partial charge < -0.3 is 10.6 Å². The van der Waals surface area contributed by atoms with Crippen LogP contribution in [0.5, 0.6) is 0 Å². The summed E-state index contributed by atoms with van der Waals surface area (Å²) in [5.74, 6) is -0.00241. The first kappa shape index (κ1) is 14.6. The average molecular weight is 333 g/mol. The average Bonchev–Trinajstić information content (AvgIpc) is 2.43. The number of aryl methyl sites for hydroxylation is 1. The first-order valence-corrected chi connectivity index (χ1v) is 7.13. The Labute approximate surface area is 127 Å². The molecule has 0 aliphatic carbocycles. The second-order valence-electron chi connectivity index (χ2n) is 4.84. The highest BCUT2D eigenvalue weighted by Crippen LogP contribution is 2.22. The maximum Gasteiger partial charge on any atom is 0.255 e. The number of carbonyl (C=O) groups excluding carboxylic acids is 1. The third kappa shape index (κ3) is 3.20. The Morgan fingerprint density at radius 3 is 2.50 bits per heavy atom. The molecule has 104 valence electrons. The van der Waals surface area contributed by atoms with Gasteiger partial charge in [0.05, 0.1) is 5.56 Å². The number of halogens is 1. The number of hydrogen-bond acceptors (Lipinski definition) is 2. The van der Waals surface area contributed by atoms with Gasteiger partial charge in [-0.1, -0.05) is 24.3 Å². The van der Waals surface area contributed by atoms with Crippen molar-refractivity contribution in [3.8, 4) is 0 Å². The number of nitrogens with two attached hydrogens (primary N) is 1. The van der Waals surface area contributed by atoms with Gasteiger partial charge in [0, 0.05) is 23.8 Å². The van der Waals surface area contributed by atoms with E-state index >= 15 is 0 Å². The lowest BCUT2D eigenvalue weighted by atomic mass is 10.1. The van der Waals surface area contributed by atoms with Crippen LogP contribution in [-0.4, -0.2) is 17.9 Å². The van der Waals surface area contributed by atoms with Gasteiger partial charge in [0.15, 0.2) is 0 Å². The Kier molecular flexibility index (Phi) is 4.45. The predicted molar refractivity (Wildman–Crippen MR) is 85.5 cm³/mol. The van der Waals surface area contributed by atoms with Crippen molar-refractivity contribution in [3.05, 3.63) is 63.6 Å². The summed E-state index contributed by atoms with van der Waals surface area (Å²) < 4.78 is 0.856. The molecule has 0 aromatic heterocycles. The number of carbonyl (C=O) groups is 1. The fourth-order valence-electron chi connectivity index (χ4n) is 1.99. The summed E-state index contributed by atoms with van der Waals surface area (Å²) in [4.78, 5) is 14.2. The standard InChI is InChI=1S/C16H17BrN2O/c1-11-4-3-5-14(15(11)17)16(20)19(2)10-12-6-8-13(18)9-7-12/h3-9H,10,18H2,1-2H3. The van der Waals surface area contributed by atoms with Crippen LogP contribution in [0.4, 0.5) is 5.69 Å². The van der Waals surface area contributed by atoms with Gasteiger partial charge in [0.1, 0.15) is 0 Å². The lowest BCUT2D eigenvalue weighted by molar-refractivity contribution is 0.0784. The summed E-state index contributed by atoms with van der Waals surface area (Å²) in [5, 5.41) is 0. The maximum absolute atomic E-state index is 12.5. The summed E-state index contributed by atoms with van der Waals surface area (Å²) in [6.45, 7) is 2.53. The van der Waals surface area contributed by atoms with E-state index in [1.165, 1.54) is 0 Å². The molecule has 0 saturated heterocycles. The first-order chi connectivity index (χ1) is 9.49. The van der Waals surface area contributed by atoms with Crippen LogP contribution in [0.15, 0.2) is 46.9 Å². The van der Waals surface area contributed by atoms with Gasteiger partial charge in [0.25, 0.3) is 5.91 Å². The summed E-state index contributed by atoms with van der Waals surface area (Å²) >= 11 is 3.48.